The van der Waals surface area contributed by atoms with Crippen LogP contribution in [-0.2, 0) is 57.4 Å². The Kier molecular flexibility index (Phi) is 19.0. The van der Waals surface area contributed by atoms with Gasteiger partial charge in [0.1, 0.15) is 88.7 Å². The Hall–Kier alpha value is -8.13. The average molecular weight is 1320 g/mol. The number of phenols is 4. The molecule has 2 unspecified atom stereocenters. The van der Waals surface area contributed by atoms with Crippen LogP contribution in [0.5, 0.6) is 51.7 Å². The molecule has 0 bridgehead atoms. The van der Waals surface area contributed by atoms with Crippen LogP contribution in [0.1, 0.15) is 132 Å². The van der Waals surface area contributed by atoms with E-state index in [1.807, 2.05) is 97.1 Å². The SMILES string of the molecule is O=C1CC[C@@H]2c3cc(O)ccc3OC(c3ccc(O)cc3)[C@@H]2C1.Oc1ccc(C2Oc3ccc(O)cc3[C@H]3CCC4(C[C@@H]23)OCCO4)cc1.[CH3-].[Pd].c1ccc(COc2ccc(C3=C4CC5(CC[C@@H]4c4cc(OCc6ccccc6)ccc4O3)OCCO5)cc2)cc1. The Bertz CT molecular complexity index is 3830. The van der Waals surface area contributed by atoms with E-state index in [2.05, 4.69) is 42.5 Å². The first-order chi connectivity index (χ1) is 43.5. The summed E-state index contributed by atoms with van der Waals surface area (Å²) in [6.45, 7) is 3.61. The fourth-order valence-corrected chi connectivity index (χ4v) is 14.6. The first-order valence-electron chi connectivity index (χ1n) is 31.1. The molecule has 91 heavy (non-hydrogen) atoms. The first-order valence-corrected chi connectivity index (χ1v) is 31.1. The monoisotopic (exact) mass is 1320 g/mol. The van der Waals surface area contributed by atoms with E-state index in [0.29, 0.717) is 58.9 Å². The topological polar surface area (TPSA) is 181 Å². The maximum atomic E-state index is 12.0. The van der Waals surface area contributed by atoms with Gasteiger partial charge in [-0.15, -0.1) is 0 Å². The largest absolute Gasteiger partial charge is 0.508 e. The quantitative estimate of drug-likeness (QED) is 0.0791. The van der Waals surface area contributed by atoms with Gasteiger partial charge in [-0.2, -0.15) is 0 Å². The van der Waals surface area contributed by atoms with E-state index in [0.717, 1.165) is 112 Å². The number of carbonyl (C=O) groups is 1. The zero-order valence-electron chi connectivity index (χ0n) is 50.7. The summed E-state index contributed by atoms with van der Waals surface area (Å²) >= 11 is 0. The minimum atomic E-state index is -0.557. The standard InChI is InChI=1S/C35H32O5.C21H22O5.C19H18O4.CH3.Pd/c1-3-7-25(8-4-1)23-36-28-13-11-27(12-14-28)34-32-22-35(38-19-20-39-35)18-17-30(32)31-21-29(15-16-33(31)40-34)37-24-26-9-5-2-6-10-26;22-14-3-1-13(2-4-14)20-18-12-21(24-9-10-25-21)8-7-16(18)17-11-15(23)5-6-19(17)26-20;20-12-3-1-11(2-4-12)19-17-10-13(21)5-7-15(17)16-9-14(22)6-8-18(16)23-19;;/h1-16,21,30H,17-20,22-24H2;1-6,11,16,18,20,22-23H,7-10,12H2;1-4,6,8-9,15,17,19-20,22H,5,7,10H2;1H3;/q;;;-1;/t30-;16-,18-,20?;15-,17-,19?;;/m111../s1. The molecule has 0 amide bonds. The molecule has 7 atom stereocenters. The molecular weight excluding hydrogens is 1240 g/mol. The van der Waals surface area contributed by atoms with Gasteiger partial charge in [0.25, 0.3) is 0 Å². The summed E-state index contributed by atoms with van der Waals surface area (Å²) < 4.78 is 55.7. The van der Waals surface area contributed by atoms with Gasteiger partial charge in [0, 0.05) is 99.0 Å². The van der Waals surface area contributed by atoms with Crippen molar-refractivity contribution in [2.45, 2.75) is 113 Å². The van der Waals surface area contributed by atoms with Crippen LogP contribution in [0.25, 0.3) is 5.76 Å². The van der Waals surface area contributed by atoms with Crippen molar-refractivity contribution in [3.8, 4) is 51.7 Å². The first kappa shape index (κ1) is 63.0. The second kappa shape index (κ2) is 27.4. The summed E-state index contributed by atoms with van der Waals surface area (Å²) in [4.78, 5) is 12.0. The summed E-state index contributed by atoms with van der Waals surface area (Å²) in [5.41, 5.74) is 9.76. The van der Waals surface area contributed by atoms with Crippen LogP contribution in [0, 0.1) is 19.3 Å². The fraction of sp³-hybridized carbons (Fsp3) is 0.316. The van der Waals surface area contributed by atoms with Crippen molar-refractivity contribution in [1.82, 2.24) is 0 Å². The number of benzene rings is 8. The minimum absolute atomic E-state index is 0. The second-order valence-corrected chi connectivity index (χ2v) is 24.5. The van der Waals surface area contributed by atoms with Crippen LogP contribution < -0.4 is 23.7 Å². The maximum absolute atomic E-state index is 12.0. The van der Waals surface area contributed by atoms with Crippen LogP contribution in [0.15, 0.2) is 194 Å². The van der Waals surface area contributed by atoms with E-state index in [1.54, 1.807) is 48.5 Å². The predicted octanol–water partition coefficient (Wildman–Crippen LogP) is 15.6. The molecule has 5 fully saturated rings. The third-order valence-corrected chi connectivity index (χ3v) is 18.9. The smallest absolute Gasteiger partial charge is 0.172 e. The number of ether oxygens (including phenoxy) is 9. The third kappa shape index (κ3) is 13.6. The molecule has 8 aromatic rings. The van der Waals surface area contributed by atoms with Gasteiger partial charge in [-0.25, -0.2) is 0 Å². The van der Waals surface area contributed by atoms with E-state index >= 15 is 0 Å². The van der Waals surface area contributed by atoms with Gasteiger partial charge in [0.2, 0.25) is 0 Å². The number of ketones is 1. The number of hydrogen-bond acceptors (Lipinski definition) is 14. The summed E-state index contributed by atoms with van der Waals surface area (Å²) in [7, 11) is 0. The van der Waals surface area contributed by atoms with Crippen LogP contribution in [0.2, 0.25) is 0 Å². The molecular formula is C76H75O14Pd-. The van der Waals surface area contributed by atoms with Gasteiger partial charge in [0.15, 0.2) is 11.6 Å². The molecule has 0 aromatic heterocycles. The number of hydrogen-bond donors (Lipinski definition) is 4. The minimum Gasteiger partial charge on any atom is -0.508 e. The van der Waals surface area contributed by atoms with Crippen LogP contribution >= 0.6 is 0 Å². The van der Waals surface area contributed by atoms with E-state index in [1.165, 1.54) is 11.1 Å². The Balaban J connectivity index is 0.000000137. The van der Waals surface area contributed by atoms with Crippen molar-refractivity contribution in [3.63, 3.8) is 0 Å². The normalized spacial score (nSPS) is 23.3. The molecule has 474 valence electrons. The molecule has 8 aromatic carbocycles. The second-order valence-electron chi connectivity index (χ2n) is 24.5. The molecule has 2 saturated heterocycles. The van der Waals surface area contributed by atoms with Crippen molar-refractivity contribution < 1.29 is 88.3 Å². The zero-order chi connectivity index (χ0) is 60.5. The van der Waals surface area contributed by atoms with Crippen molar-refractivity contribution in [2.75, 3.05) is 26.4 Å². The van der Waals surface area contributed by atoms with Crippen LogP contribution in [0.3, 0.4) is 0 Å². The molecule has 8 aliphatic rings. The number of rotatable bonds is 9. The fourth-order valence-electron chi connectivity index (χ4n) is 14.6. The molecule has 16 rings (SSSR count). The summed E-state index contributed by atoms with van der Waals surface area (Å²) in [5, 5.41) is 38.9. The molecule has 3 saturated carbocycles. The molecule has 4 N–H and O–H groups in total. The molecule has 5 heterocycles. The van der Waals surface area contributed by atoms with E-state index < -0.39 is 11.6 Å². The summed E-state index contributed by atoms with van der Waals surface area (Å²) in [6, 6.07) is 59.6. The van der Waals surface area contributed by atoms with Gasteiger partial charge in [-0.1, -0.05) is 84.9 Å². The van der Waals surface area contributed by atoms with Crippen molar-refractivity contribution in [3.05, 3.63) is 246 Å². The molecule has 5 aliphatic heterocycles. The van der Waals surface area contributed by atoms with Gasteiger partial charge in [-0.3, -0.25) is 4.79 Å². The number of aromatic hydroxyl groups is 4. The van der Waals surface area contributed by atoms with Gasteiger partial charge in [0.05, 0.1) is 26.4 Å². The summed E-state index contributed by atoms with van der Waals surface area (Å²) in [6.07, 6.45) is 6.54. The Morgan fingerprint density at radius 2 is 0.978 bits per heavy atom. The van der Waals surface area contributed by atoms with Crippen molar-refractivity contribution in [2.24, 2.45) is 11.8 Å². The van der Waals surface area contributed by atoms with Crippen LogP contribution in [0.4, 0.5) is 0 Å². The molecule has 2 spiro atoms. The number of Topliss-reactive ketones (excluding diaryl/α,β-unsaturated/α-hetero) is 1. The Morgan fingerprint density at radius 1 is 0.484 bits per heavy atom. The number of fused-ring (bicyclic) bond motifs is 9. The summed E-state index contributed by atoms with van der Waals surface area (Å²) in [5.74, 6) is 6.15. The van der Waals surface area contributed by atoms with Crippen molar-refractivity contribution in [1.29, 1.82) is 0 Å². The average Bonchev–Trinajstić information content (AvgIpc) is 1.64. The number of phenolic OH excluding ortho intramolecular Hbond substituents is 4. The van der Waals surface area contributed by atoms with Crippen molar-refractivity contribution >= 4 is 11.5 Å². The molecule has 0 radical (unpaired) electrons. The molecule has 14 nitrogen and oxygen atoms in total. The van der Waals surface area contributed by atoms with Crippen LogP contribution in [-0.4, -0.2) is 64.2 Å². The third-order valence-electron chi connectivity index (χ3n) is 18.9. The van der Waals surface area contributed by atoms with E-state index in [4.69, 9.17) is 42.6 Å². The Labute approximate surface area is 544 Å². The van der Waals surface area contributed by atoms with Gasteiger partial charge in [-0.05, 0) is 162 Å². The zero-order valence-corrected chi connectivity index (χ0v) is 52.3. The molecule has 3 aliphatic carbocycles. The van der Waals surface area contributed by atoms with Gasteiger partial charge >= 0.3 is 0 Å². The Morgan fingerprint density at radius 3 is 1.56 bits per heavy atom. The van der Waals surface area contributed by atoms with E-state index in [9.17, 15) is 25.2 Å². The van der Waals surface area contributed by atoms with E-state index in [-0.39, 0.29) is 98.4 Å². The maximum Gasteiger partial charge on any atom is 0.172 e. The predicted molar refractivity (Wildman–Crippen MR) is 339 cm³/mol. The van der Waals surface area contributed by atoms with Gasteiger partial charge < -0.3 is 70.5 Å². The molecule has 15 heteroatoms. The number of carbonyl (C=O) groups excluding carboxylic acids is 1.